The van der Waals surface area contributed by atoms with Gasteiger partial charge in [-0.1, -0.05) is 6.07 Å². The number of carbonyl (C=O) groups excluding carboxylic acids is 2. The maximum Gasteiger partial charge on any atom is 0.270 e. The van der Waals surface area contributed by atoms with Gasteiger partial charge in [-0.25, -0.2) is 9.97 Å². The maximum absolute atomic E-state index is 12.5. The second-order valence-corrected chi connectivity index (χ2v) is 6.26. The van der Waals surface area contributed by atoms with Crippen molar-refractivity contribution in [2.24, 2.45) is 0 Å². The third kappa shape index (κ3) is 4.48. The average molecular weight is 385 g/mol. The number of ether oxygens (including phenoxy) is 2. The fourth-order valence-electron chi connectivity index (χ4n) is 2.96. The van der Waals surface area contributed by atoms with Crippen LogP contribution in [0.5, 0.6) is 11.5 Å². The van der Waals surface area contributed by atoms with Crippen molar-refractivity contribution in [2.45, 2.75) is 6.54 Å². The number of nitrogens with zero attached hydrogens (tertiary/aromatic N) is 4. The number of amides is 2. The Balaban J connectivity index is 1.63. The number of hydrogen-bond acceptors (Lipinski definition) is 7. The molecule has 0 saturated carbocycles. The van der Waals surface area contributed by atoms with Crippen molar-refractivity contribution in [3.8, 4) is 11.5 Å². The molecule has 0 unspecified atom stereocenters. The summed E-state index contributed by atoms with van der Waals surface area (Å²) in [6.45, 7) is 2.93. The minimum atomic E-state index is -0.287. The Morgan fingerprint density at radius 3 is 2.54 bits per heavy atom. The predicted octanol–water partition coefficient (Wildman–Crippen LogP) is 0.702. The number of hydrogen-bond donors (Lipinski definition) is 1. The average Bonchev–Trinajstić information content (AvgIpc) is 2.77. The second-order valence-electron chi connectivity index (χ2n) is 6.26. The van der Waals surface area contributed by atoms with Crippen LogP contribution in [-0.2, 0) is 11.3 Å². The van der Waals surface area contributed by atoms with Crippen molar-refractivity contribution in [3.05, 3.63) is 41.9 Å². The molecule has 0 aliphatic carbocycles. The van der Waals surface area contributed by atoms with Crippen LogP contribution in [0, 0.1) is 0 Å². The first-order valence-corrected chi connectivity index (χ1v) is 8.90. The number of aromatic nitrogens is 2. The van der Waals surface area contributed by atoms with E-state index in [4.69, 9.17) is 9.47 Å². The van der Waals surface area contributed by atoms with Gasteiger partial charge >= 0.3 is 0 Å². The van der Waals surface area contributed by atoms with E-state index >= 15 is 0 Å². The van der Waals surface area contributed by atoms with Crippen molar-refractivity contribution in [3.63, 3.8) is 0 Å². The highest BCUT2D eigenvalue weighted by Gasteiger charge is 2.18. The van der Waals surface area contributed by atoms with Gasteiger partial charge in [0.05, 0.1) is 14.2 Å². The van der Waals surface area contributed by atoms with Gasteiger partial charge in [0.25, 0.3) is 5.91 Å². The Hall–Kier alpha value is -3.36. The van der Waals surface area contributed by atoms with E-state index in [1.807, 2.05) is 17.0 Å². The zero-order chi connectivity index (χ0) is 19.9. The largest absolute Gasteiger partial charge is 0.493 e. The molecule has 1 aliphatic rings. The standard InChI is InChI=1S/C19H23N5O4/c1-27-16-4-3-14(9-17(16)28-2)11-20-19(26)15-10-18(22-12-21-15)24-7-5-23(13-25)6-8-24/h3-4,9-10,12-13H,5-8,11H2,1-2H3,(H,20,26). The van der Waals surface area contributed by atoms with E-state index < -0.39 is 0 Å². The Bertz CT molecular complexity index is 837. The number of rotatable bonds is 7. The first kappa shape index (κ1) is 19.4. The molecule has 3 rings (SSSR count). The van der Waals surface area contributed by atoms with Gasteiger partial charge in [-0.3, -0.25) is 9.59 Å². The summed E-state index contributed by atoms with van der Waals surface area (Å²) in [5.74, 6) is 1.63. The predicted molar refractivity (Wildman–Crippen MR) is 103 cm³/mol. The first-order valence-electron chi connectivity index (χ1n) is 8.90. The molecule has 148 valence electrons. The van der Waals surface area contributed by atoms with Crippen LogP contribution in [0.15, 0.2) is 30.6 Å². The number of methoxy groups -OCH3 is 2. The molecule has 9 heteroatoms. The Morgan fingerprint density at radius 2 is 1.86 bits per heavy atom. The molecule has 1 fully saturated rings. The maximum atomic E-state index is 12.5. The molecule has 1 N–H and O–H groups in total. The molecule has 2 aromatic rings. The number of nitrogens with one attached hydrogen (secondary N) is 1. The van der Waals surface area contributed by atoms with Crippen LogP contribution < -0.4 is 19.7 Å². The Labute approximate surface area is 163 Å². The fraction of sp³-hybridized carbons (Fsp3) is 0.368. The number of anilines is 1. The molecule has 2 heterocycles. The van der Waals surface area contributed by atoms with Crippen LogP contribution in [-0.4, -0.2) is 67.6 Å². The topological polar surface area (TPSA) is 96.9 Å². The van der Waals surface area contributed by atoms with Crippen LogP contribution >= 0.6 is 0 Å². The first-order chi connectivity index (χ1) is 13.6. The van der Waals surface area contributed by atoms with Crippen LogP contribution in [0.1, 0.15) is 16.1 Å². The lowest BCUT2D eigenvalue weighted by Crippen LogP contribution is -2.46. The minimum Gasteiger partial charge on any atom is -0.493 e. The Morgan fingerprint density at radius 1 is 1.11 bits per heavy atom. The SMILES string of the molecule is COc1ccc(CNC(=O)c2cc(N3CCN(C=O)CC3)ncn2)cc1OC. The summed E-state index contributed by atoms with van der Waals surface area (Å²) >= 11 is 0. The van der Waals surface area contributed by atoms with Crippen molar-refractivity contribution < 1.29 is 19.1 Å². The summed E-state index contributed by atoms with van der Waals surface area (Å²) < 4.78 is 10.5. The molecule has 2 amide bonds. The summed E-state index contributed by atoms with van der Waals surface area (Å²) in [6.07, 6.45) is 2.23. The van der Waals surface area contributed by atoms with Crippen molar-refractivity contribution in [2.75, 3.05) is 45.3 Å². The Kier molecular flexibility index (Phi) is 6.25. The number of carbonyl (C=O) groups is 2. The molecule has 0 radical (unpaired) electrons. The van der Waals surface area contributed by atoms with Crippen LogP contribution in [0.25, 0.3) is 0 Å². The highest BCUT2D eigenvalue weighted by molar-refractivity contribution is 5.92. The minimum absolute atomic E-state index is 0.287. The van der Waals surface area contributed by atoms with Gasteiger partial charge in [-0.15, -0.1) is 0 Å². The van der Waals surface area contributed by atoms with E-state index in [1.54, 1.807) is 31.3 Å². The van der Waals surface area contributed by atoms with Crippen LogP contribution in [0.2, 0.25) is 0 Å². The molecule has 9 nitrogen and oxygen atoms in total. The summed E-state index contributed by atoms with van der Waals surface area (Å²) in [6, 6.07) is 7.14. The van der Waals surface area contributed by atoms with Gasteiger partial charge in [0.2, 0.25) is 6.41 Å². The van der Waals surface area contributed by atoms with E-state index in [-0.39, 0.29) is 5.91 Å². The van der Waals surface area contributed by atoms with Gasteiger partial charge in [-0.05, 0) is 17.7 Å². The second kappa shape index (κ2) is 9.03. The van der Waals surface area contributed by atoms with Gasteiger partial charge in [0, 0.05) is 38.8 Å². The third-order valence-corrected chi connectivity index (χ3v) is 4.57. The highest BCUT2D eigenvalue weighted by Crippen LogP contribution is 2.27. The molecular formula is C19H23N5O4. The molecular weight excluding hydrogens is 362 g/mol. The lowest BCUT2D eigenvalue weighted by molar-refractivity contribution is -0.118. The van der Waals surface area contributed by atoms with E-state index in [1.165, 1.54) is 6.33 Å². The fourth-order valence-corrected chi connectivity index (χ4v) is 2.96. The zero-order valence-corrected chi connectivity index (χ0v) is 15.9. The molecule has 28 heavy (non-hydrogen) atoms. The normalized spacial score (nSPS) is 13.8. The van der Waals surface area contributed by atoms with Crippen molar-refractivity contribution in [1.82, 2.24) is 20.2 Å². The summed E-state index contributed by atoms with van der Waals surface area (Å²) in [5, 5.41) is 2.85. The quantitative estimate of drug-likeness (QED) is 0.701. The highest BCUT2D eigenvalue weighted by atomic mass is 16.5. The number of piperazine rings is 1. The molecule has 1 aromatic carbocycles. The molecule has 1 aliphatic heterocycles. The van der Waals surface area contributed by atoms with Crippen molar-refractivity contribution in [1.29, 1.82) is 0 Å². The third-order valence-electron chi connectivity index (χ3n) is 4.57. The number of benzene rings is 1. The molecule has 0 spiro atoms. The zero-order valence-electron chi connectivity index (χ0n) is 15.9. The molecule has 0 bridgehead atoms. The molecule has 1 saturated heterocycles. The van der Waals surface area contributed by atoms with E-state index in [2.05, 4.69) is 15.3 Å². The van der Waals surface area contributed by atoms with Gasteiger partial charge in [0.15, 0.2) is 11.5 Å². The van der Waals surface area contributed by atoms with Crippen LogP contribution in [0.3, 0.4) is 0 Å². The lowest BCUT2D eigenvalue weighted by Gasteiger charge is -2.33. The van der Waals surface area contributed by atoms with Crippen molar-refractivity contribution >= 4 is 18.1 Å². The molecule has 1 aromatic heterocycles. The molecule has 0 atom stereocenters. The van der Waals surface area contributed by atoms with Gasteiger partial charge in [0.1, 0.15) is 17.8 Å². The smallest absolute Gasteiger partial charge is 0.270 e. The van der Waals surface area contributed by atoms with Gasteiger partial charge < -0.3 is 24.6 Å². The van der Waals surface area contributed by atoms with E-state index in [0.29, 0.717) is 55.7 Å². The monoisotopic (exact) mass is 385 g/mol. The van der Waals surface area contributed by atoms with E-state index in [9.17, 15) is 9.59 Å². The summed E-state index contributed by atoms with van der Waals surface area (Å²) in [7, 11) is 3.14. The lowest BCUT2D eigenvalue weighted by atomic mass is 10.2. The van der Waals surface area contributed by atoms with E-state index in [0.717, 1.165) is 12.0 Å². The summed E-state index contributed by atoms with van der Waals surface area (Å²) in [4.78, 5) is 35.4. The van der Waals surface area contributed by atoms with Gasteiger partial charge in [-0.2, -0.15) is 0 Å². The van der Waals surface area contributed by atoms with Crippen LogP contribution in [0.4, 0.5) is 5.82 Å². The summed E-state index contributed by atoms with van der Waals surface area (Å²) in [5.41, 5.74) is 1.17.